The van der Waals surface area contributed by atoms with Crippen LogP contribution in [0, 0.1) is 6.92 Å². The van der Waals surface area contributed by atoms with Crippen molar-refractivity contribution in [2.75, 3.05) is 27.7 Å². The average Bonchev–Trinajstić information content (AvgIpc) is 2.44. The summed E-state index contributed by atoms with van der Waals surface area (Å²) in [4.78, 5) is 11.5. The molecule has 1 aromatic carbocycles. The second-order valence-corrected chi connectivity index (χ2v) is 7.60. The molecule has 0 spiro atoms. The Kier molecular flexibility index (Phi) is 5.96. The minimum atomic E-state index is -4.00. The molecule has 23 heavy (non-hydrogen) atoms. The van der Waals surface area contributed by atoms with Gasteiger partial charge in [-0.3, -0.25) is 4.48 Å². The predicted molar refractivity (Wildman–Crippen MR) is 89.4 cm³/mol. The molecular formula is C16H24NO5S+. The van der Waals surface area contributed by atoms with Crippen LogP contribution in [0.15, 0.2) is 34.9 Å². The fourth-order valence-corrected chi connectivity index (χ4v) is 2.82. The largest absolute Gasteiger partial charge is 0.463 e. The van der Waals surface area contributed by atoms with Gasteiger partial charge in [0.05, 0.1) is 33.3 Å². The summed E-state index contributed by atoms with van der Waals surface area (Å²) in [6, 6.07) is 4.80. The third-order valence-electron chi connectivity index (χ3n) is 3.14. The highest BCUT2D eigenvalue weighted by Gasteiger charge is 2.22. The van der Waals surface area contributed by atoms with Crippen molar-refractivity contribution in [3.05, 3.63) is 35.6 Å². The van der Waals surface area contributed by atoms with Crippen molar-refractivity contribution in [3.63, 3.8) is 0 Å². The number of ether oxygens (including phenoxy) is 1. The molecular weight excluding hydrogens is 318 g/mol. The van der Waals surface area contributed by atoms with Crippen LogP contribution in [-0.2, 0) is 23.8 Å². The Morgan fingerprint density at radius 3 is 2.39 bits per heavy atom. The van der Waals surface area contributed by atoms with Gasteiger partial charge in [0, 0.05) is 11.6 Å². The molecule has 0 aliphatic carbocycles. The van der Waals surface area contributed by atoms with Crippen molar-refractivity contribution in [1.29, 1.82) is 0 Å². The van der Waals surface area contributed by atoms with E-state index in [1.54, 1.807) is 19.1 Å². The summed E-state index contributed by atoms with van der Waals surface area (Å²) in [5, 5.41) is 0. The number of aryl methyl sites for hydroxylation is 1. The highest BCUT2D eigenvalue weighted by molar-refractivity contribution is 7.86. The monoisotopic (exact) mass is 342 g/mol. The third kappa shape index (κ3) is 5.07. The van der Waals surface area contributed by atoms with Crippen molar-refractivity contribution < 1.29 is 22.1 Å². The lowest BCUT2D eigenvalue weighted by Gasteiger charge is -2.25. The standard InChI is InChI=1S/C16H24NO5S/c1-7-21-16(18)13(3)11-22-23(19,20)14-9-8-12(2)15(10-14)17(4,5)6/h8-11H,7H2,1-6H3/q+1. The molecule has 0 unspecified atom stereocenters. The van der Waals surface area contributed by atoms with Crippen molar-refractivity contribution in [2.45, 2.75) is 25.7 Å². The molecule has 0 heterocycles. The van der Waals surface area contributed by atoms with Gasteiger partial charge >= 0.3 is 16.1 Å². The molecule has 0 radical (unpaired) electrons. The smallest absolute Gasteiger partial charge is 0.338 e. The maximum atomic E-state index is 12.3. The molecule has 128 valence electrons. The van der Waals surface area contributed by atoms with Crippen LogP contribution in [0.1, 0.15) is 19.4 Å². The summed E-state index contributed by atoms with van der Waals surface area (Å²) in [5.74, 6) is -0.612. The number of hydrogen-bond donors (Lipinski definition) is 0. The summed E-state index contributed by atoms with van der Waals surface area (Å²) >= 11 is 0. The fraction of sp³-hybridized carbons (Fsp3) is 0.438. The highest BCUT2D eigenvalue weighted by atomic mass is 32.2. The van der Waals surface area contributed by atoms with Crippen molar-refractivity contribution in [2.24, 2.45) is 0 Å². The first-order chi connectivity index (χ1) is 10.5. The fourth-order valence-electron chi connectivity index (χ4n) is 1.95. The van der Waals surface area contributed by atoms with Gasteiger partial charge in [-0.05, 0) is 26.8 Å². The van der Waals surface area contributed by atoms with E-state index in [9.17, 15) is 13.2 Å². The quantitative estimate of drug-likeness (QED) is 0.261. The number of quaternary nitrogens is 1. The van der Waals surface area contributed by atoms with E-state index in [4.69, 9.17) is 8.92 Å². The molecule has 0 aromatic heterocycles. The zero-order chi connectivity index (χ0) is 17.8. The lowest BCUT2D eigenvalue weighted by atomic mass is 10.2. The van der Waals surface area contributed by atoms with Gasteiger partial charge in [-0.2, -0.15) is 8.42 Å². The van der Waals surface area contributed by atoms with Gasteiger partial charge in [0.25, 0.3) is 0 Å². The van der Waals surface area contributed by atoms with E-state index in [0.717, 1.165) is 17.5 Å². The summed E-state index contributed by atoms with van der Waals surface area (Å²) in [5.41, 5.74) is 1.92. The first kappa shape index (κ1) is 19.2. The molecule has 1 rings (SSSR count). The van der Waals surface area contributed by atoms with E-state index in [0.29, 0.717) is 4.48 Å². The van der Waals surface area contributed by atoms with Crippen LogP contribution in [0.3, 0.4) is 0 Å². The number of esters is 1. The Bertz CT molecular complexity index is 714. The van der Waals surface area contributed by atoms with Gasteiger partial charge in [0.1, 0.15) is 16.8 Å². The molecule has 0 aliphatic rings. The molecule has 0 saturated heterocycles. The van der Waals surface area contributed by atoms with Gasteiger partial charge in [0.15, 0.2) is 0 Å². The van der Waals surface area contributed by atoms with Crippen molar-refractivity contribution >= 4 is 21.8 Å². The Morgan fingerprint density at radius 1 is 1.26 bits per heavy atom. The van der Waals surface area contributed by atoms with E-state index in [1.165, 1.54) is 13.0 Å². The minimum absolute atomic E-state index is 0.0408. The molecule has 1 aromatic rings. The van der Waals surface area contributed by atoms with Crippen molar-refractivity contribution in [3.8, 4) is 0 Å². The van der Waals surface area contributed by atoms with Gasteiger partial charge in [-0.25, -0.2) is 4.79 Å². The highest BCUT2D eigenvalue weighted by Crippen LogP contribution is 2.26. The van der Waals surface area contributed by atoms with E-state index < -0.39 is 16.1 Å². The number of hydrogen-bond acceptors (Lipinski definition) is 5. The maximum Gasteiger partial charge on any atom is 0.338 e. The number of carbonyl (C=O) groups excluding carboxylic acids is 1. The minimum Gasteiger partial charge on any atom is -0.463 e. The summed E-state index contributed by atoms with van der Waals surface area (Å²) < 4.78 is 34.7. The maximum absolute atomic E-state index is 12.3. The summed E-state index contributed by atoms with van der Waals surface area (Å²) in [6.07, 6.45) is 0.902. The summed E-state index contributed by atoms with van der Waals surface area (Å²) in [7, 11) is 1.85. The number of rotatable bonds is 6. The molecule has 0 saturated carbocycles. The molecule has 6 nitrogen and oxygen atoms in total. The zero-order valence-electron chi connectivity index (χ0n) is 14.4. The first-order valence-corrected chi connectivity index (χ1v) is 8.59. The molecule has 0 N–H and O–H groups in total. The first-order valence-electron chi connectivity index (χ1n) is 7.19. The van der Waals surface area contributed by atoms with Crippen LogP contribution in [0.4, 0.5) is 5.69 Å². The lowest BCUT2D eigenvalue weighted by molar-refractivity contribution is -0.138. The molecule has 0 fully saturated rings. The number of benzene rings is 1. The molecule has 0 atom stereocenters. The Labute approximate surface area is 138 Å². The SMILES string of the molecule is CCOC(=O)C(C)=COS(=O)(=O)c1ccc(C)c([N+](C)(C)C)c1. The summed E-state index contributed by atoms with van der Waals surface area (Å²) in [6.45, 7) is 5.23. The van der Waals surface area contributed by atoms with Crippen LogP contribution in [0.2, 0.25) is 0 Å². The lowest BCUT2D eigenvalue weighted by Crippen LogP contribution is -2.35. The Hall–Kier alpha value is -1.86. The molecule has 0 amide bonds. The molecule has 0 bridgehead atoms. The van der Waals surface area contributed by atoms with E-state index in [2.05, 4.69) is 0 Å². The van der Waals surface area contributed by atoms with E-state index >= 15 is 0 Å². The number of nitrogens with zero attached hydrogens (tertiary/aromatic N) is 1. The van der Waals surface area contributed by atoms with Gasteiger partial charge in [-0.1, -0.05) is 6.07 Å². The number of carbonyl (C=O) groups is 1. The second kappa shape index (κ2) is 7.14. The van der Waals surface area contributed by atoms with Crippen LogP contribution in [0.5, 0.6) is 0 Å². The third-order valence-corrected chi connectivity index (χ3v) is 4.32. The van der Waals surface area contributed by atoms with Crippen LogP contribution >= 0.6 is 0 Å². The molecule has 7 heteroatoms. The second-order valence-electron chi connectivity index (χ2n) is 6.03. The van der Waals surface area contributed by atoms with Crippen LogP contribution < -0.4 is 4.48 Å². The Morgan fingerprint density at radius 2 is 1.87 bits per heavy atom. The topological polar surface area (TPSA) is 69.7 Å². The molecule has 0 aliphatic heterocycles. The van der Waals surface area contributed by atoms with Gasteiger partial charge < -0.3 is 8.92 Å². The van der Waals surface area contributed by atoms with E-state index in [1.807, 2.05) is 28.1 Å². The predicted octanol–water partition coefficient (Wildman–Crippen LogP) is 2.36. The van der Waals surface area contributed by atoms with E-state index in [-0.39, 0.29) is 17.1 Å². The zero-order valence-corrected chi connectivity index (χ0v) is 15.2. The van der Waals surface area contributed by atoms with Crippen molar-refractivity contribution in [1.82, 2.24) is 4.48 Å². The average molecular weight is 342 g/mol. The van der Waals surface area contributed by atoms with Crippen LogP contribution in [-0.4, -0.2) is 42.1 Å². The van der Waals surface area contributed by atoms with Gasteiger partial charge in [-0.15, -0.1) is 0 Å². The van der Waals surface area contributed by atoms with Gasteiger partial charge in [0.2, 0.25) is 0 Å². The van der Waals surface area contributed by atoms with Crippen LogP contribution in [0.25, 0.3) is 0 Å². The Balaban J connectivity index is 3.11. The normalized spacial score (nSPS) is 12.9.